The van der Waals surface area contributed by atoms with E-state index in [9.17, 15) is 4.79 Å². The molecule has 21 heavy (non-hydrogen) atoms. The van der Waals surface area contributed by atoms with Gasteiger partial charge in [0.1, 0.15) is 0 Å². The molecule has 2 aromatic heterocycles. The monoisotopic (exact) mass is 303 g/mol. The summed E-state index contributed by atoms with van der Waals surface area (Å²) >= 11 is 1.63. The van der Waals surface area contributed by atoms with Crippen LogP contribution >= 0.6 is 11.3 Å². The highest BCUT2D eigenvalue weighted by atomic mass is 32.1. The zero-order valence-electron chi connectivity index (χ0n) is 12.7. The van der Waals surface area contributed by atoms with Gasteiger partial charge in [-0.3, -0.25) is 9.89 Å². The SMILES string of the molecule is CC(C)(C)c1cc(NC(=O)c2cc3c(s2)CCCC3)n[nH]1. The molecule has 0 bridgehead atoms. The minimum absolute atomic E-state index is 0.00198. The van der Waals surface area contributed by atoms with Gasteiger partial charge in [-0.05, 0) is 37.3 Å². The van der Waals surface area contributed by atoms with Crippen LogP contribution in [-0.2, 0) is 18.3 Å². The first-order valence-electron chi connectivity index (χ1n) is 7.42. The Hall–Kier alpha value is -1.62. The Morgan fingerprint density at radius 2 is 2.05 bits per heavy atom. The number of fused-ring (bicyclic) bond motifs is 1. The normalized spacial score (nSPS) is 14.8. The fourth-order valence-electron chi connectivity index (χ4n) is 2.55. The molecule has 0 atom stereocenters. The third-order valence-corrected chi connectivity index (χ3v) is 5.08. The number of nitrogens with one attached hydrogen (secondary N) is 2. The van der Waals surface area contributed by atoms with Crippen molar-refractivity contribution in [2.75, 3.05) is 5.32 Å². The van der Waals surface area contributed by atoms with Crippen LogP contribution in [0.5, 0.6) is 0 Å². The van der Waals surface area contributed by atoms with Crippen molar-refractivity contribution in [3.63, 3.8) is 0 Å². The van der Waals surface area contributed by atoms with E-state index in [0.717, 1.165) is 23.4 Å². The van der Waals surface area contributed by atoms with Gasteiger partial charge in [0.25, 0.3) is 5.91 Å². The van der Waals surface area contributed by atoms with Crippen molar-refractivity contribution < 1.29 is 4.79 Å². The number of aromatic nitrogens is 2. The molecule has 0 spiro atoms. The van der Waals surface area contributed by atoms with Gasteiger partial charge < -0.3 is 5.32 Å². The summed E-state index contributed by atoms with van der Waals surface area (Å²) in [6.07, 6.45) is 4.70. The molecule has 0 aliphatic heterocycles. The van der Waals surface area contributed by atoms with Crippen LogP contribution in [-0.4, -0.2) is 16.1 Å². The van der Waals surface area contributed by atoms with Crippen molar-refractivity contribution in [1.82, 2.24) is 10.2 Å². The number of anilines is 1. The second-order valence-electron chi connectivity index (χ2n) is 6.64. The molecule has 1 aliphatic rings. The Morgan fingerprint density at radius 3 is 2.71 bits per heavy atom. The largest absolute Gasteiger partial charge is 0.304 e. The van der Waals surface area contributed by atoms with Crippen LogP contribution in [0, 0.1) is 0 Å². The van der Waals surface area contributed by atoms with Crippen molar-refractivity contribution in [1.29, 1.82) is 0 Å². The van der Waals surface area contributed by atoms with Gasteiger partial charge in [0.2, 0.25) is 0 Å². The molecule has 0 unspecified atom stereocenters. The summed E-state index contributed by atoms with van der Waals surface area (Å²) in [5, 5.41) is 10.1. The Morgan fingerprint density at radius 1 is 1.29 bits per heavy atom. The second-order valence-corrected chi connectivity index (χ2v) is 7.77. The zero-order chi connectivity index (χ0) is 15.0. The molecular formula is C16H21N3OS. The van der Waals surface area contributed by atoms with Crippen LogP contribution in [0.1, 0.15) is 59.4 Å². The van der Waals surface area contributed by atoms with Crippen molar-refractivity contribution >= 4 is 23.1 Å². The molecule has 1 aliphatic carbocycles. The number of nitrogens with zero attached hydrogens (tertiary/aromatic N) is 1. The number of carbonyl (C=O) groups excluding carboxylic acids is 1. The molecule has 2 heterocycles. The summed E-state index contributed by atoms with van der Waals surface area (Å²) in [5.74, 6) is 0.539. The van der Waals surface area contributed by atoms with Crippen molar-refractivity contribution in [3.05, 3.63) is 33.1 Å². The van der Waals surface area contributed by atoms with Gasteiger partial charge in [-0.2, -0.15) is 5.10 Å². The first-order valence-corrected chi connectivity index (χ1v) is 8.24. The molecule has 1 amide bonds. The predicted octanol–water partition coefficient (Wildman–Crippen LogP) is 3.90. The lowest BCUT2D eigenvalue weighted by Gasteiger charge is -2.14. The van der Waals surface area contributed by atoms with Crippen LogP contribution in [0.4, 0.5) is 5.82 Å². The lowest BCUT2D eigenvalue weighted by Crippen LogP contribution is -2.11. The topological polar surface area (TPSA) is 57.8 Å². The quantitative estimate of drug-likeness (QED) is 0.884. The van der Waals surface area contributed by atoms with E-state index in [-0.39, 0.29) is 11.3 Å². The number of hydrogen-bond acceptors (Lipinski definition) is 3. The zero-order valence-corrected chi connectivity index (χ0v) is 13.6. The van der Waals surface area contributed by atoms with Crippen molar-refractivity contribution in [2.45, 2.75) is 51.9 Å². The lowest BCUT2D eigenvalue weighted by atomic mass is 9.92. The highest BCUT2D eigenvalue weighted by molar-refractivity contribution is 7.14. The highest BCUT2D eigenvalue weighted by Gasteiger charge is 2.20. The standard InChI is InChI=1S/C16H21N3OS/c1-16(2,3)13-9-14(19-18-13)17-15(20)12-8-10-6-4-5-7-11(10)21-12/h8-9H,4-7H2,1-3H3,(H2,17,18,19,20). The van der Waals surface area contributed by atoms with Gasteiger partial charge in [0.05, 0.1) is 4.88 Å². The summed E-state index contributed by atoms with van der Waals surface area (Å²) in [5.41, 5.74) is 2.37. The van der Waals surface area contributed by atoms with Gasteiger partial charge in [0, 0.05) is 22.1 Å². The van der Waals surface area contributed by atoms with E-state index in [1.54, 1.807) is 11.3 Å². The Labute approximate surface area is 129 Å². The van der Waals surface area contributed by atoms with Gasteiger partial charge in [-0.1, -0.05) is 20.8 Å². The van der Waals surface area contributed by atoms with E-state index in [1.165, 1.54) is 23.3 Å². The summed E-state index contributed by atoms with van der Waals surface area (Å²) in [4.78, 5) is 14.5. The molecule has 0 fully saturated rings. The van der Waals surface area contributed by atoms with Gasteiger partial charge in [0.15, 0.2) is 5.82 Å². The summed E-state index contributed by atoms with van der Waals surface area (Å²) in [6.45, 7) is 6.33. The maximum absolute atomic E-state index is 12.3. The van der Waals surface area contributed by atoms with Crippen LogP contribution in [0.15, 0.2) is 12.1 Å². The van der Waals surface area contributed by atoms with Crippen LogP contribution in [0.25, 0.3) is 0 Å². The van der Waals surface area contributed by atoms with E-state index in [1.807, 2.05) is 12.1 Å². The average molecular weight is 303 g/mol. The van der Waals surface area contributed by atoms with E-state index in [4.69, 9.17) is 0 Å². The number of amides is 1. The molecule has 0 saturated carbocycles. The third kappa shape index (κ3) is 3.02. The molecule has 2 N–H and O–H groups in total. The first-order chi connectivity index (χ1) is 9.93. The van der Waals surface area contributed by atoms with Gasteiger partial charge >= 0.3 is 0 Å². The van der Waals surface area contributed by atoms with E-state index < -0.39 is 0 Å². The first kappa shape index (κ1) is 14.3. The summed E-state index contributed by atoms with van der Waals surface area (Å²) < 4.78 is 0. The third-order valence-electron chi connectivity index (χ3n) is 3.85. The number of hydrogen-bond donors (Lipinski definition) is 2. The molecule has 4 nitrogen and oxygen atoms in total. The molecule has 2 aromatic rings. The molecular weight excluding hydrogens is 282 g/mol. The molecule has 5 heteroatoms. The van der Waals surface area contributed by atoms with E-state index in [0.29, 0.717) is 5.82 Å². The maximum Gasteiger partial charge on any atom is 0.266 e. The van der Waals surface area contributed by atoms with Crippen LogP contribution in [0.3, 0.4) is 0 Å². The Kier molecular flexibility index (Phi) is 3.61. The molecule has 3 rings (SSSR count). The summed E-state index contributed by atoms with van der Waals surface area (Å²) in [6, 6.07) is 3.96. The Balaban J connectivity index is 1.74. The fraction of sp³-hybridized carbons (Fsp3) is 0.500. The number of aryl methyl sites for hydroxylation is 2. The molecule has 112 valence electrons. The van der Waals surface area contributed by atoms with E-state index in [2.05, 4.69) is 36.3 Å². The lowest BCUT2D eigenvalue weighted by molar-refractivity contribution is 0.103. The van der Waals surface area contributed by atoms with Crippen molar-refractivity contribution in [2.24, 2.45) is 0 Å². The number of carbonyl (C=O) groups is 1. The summed E-state index contributed by atoms with van der Waals surface area (Å²) in [7, 11) is 0. The smallest absolute Gasteiger partial charge is 0.266 e. The van der Waals surface area contributed by atoms with Crippen molar-refractivity contribution in [3.8, 4) is 0 Å². The molecule has 0 saturated heterocycles. The number of thiophene rings is 1. The molecule has 0 aromatic carbocycles. The Bertz CT molecular complexity index is 640. The minimum atomic E-state index is -0.0543. The predicted molar refractivity (Wildman–Crippen MR) is 86.2 cm³/mol. The maximum atomic E-state index is 12.3. The second kappa shape index (κ2) is 5.30. The highest BCUT2D eigenvalue weighted by Crippen LogP contribution is 2.30. The minimum Gasteiger partial charge on any atom is -0.304 e. The molecule has 0 radical (unpaired) electrons. The number of H-pyrrole nitrogens is 1. The average Bonchev–Trinajstić information content (AvgIpc) is 3.03. The van der Waals surface area contributed by atoms with Crippen LogP contribution in [0.2, 0.25) is 0 Å². The van der Waals surface area contributed by atoms with E-state index >= 15 is 0 Å². The van der Waals surface area contributed by atoms with Gasteiger partial charge in [-0.15, -0.1) is 11.3 Å². The van der Waals surface area contributed by atoms with Gasteiger partial charge in [-0.25, -0.2) is 0 Å². The fourth-order valence-corrected chi connectivity index (χ4v) is 3.70. The number of aromatic amines is 1. The van der Waals surface area contributed by atoms with Crippen LogP contribution < -0.4 is 5.32 Å². The number of rotatable bonds is 2.